The second kappa shape index (κ2) is 5.74. The van der Waals surface area contributed by atoms with E-state index in [1.807, 2.05) is 14.0 Å². The van der Waals surface area contributed by atoms with Gasteiger partial charge in [-0.2, -0.15) is 5.10 Å². The average molecular weight is 272 g/mol. The molecule has 1 atom stereocenters. The summed E-state index contributed by atoms with van der Waals surface area (Å²) in [4.78, 5) is 12.1. The van der Waals surface area contributed by atoms with Crippen molar-refractivity contribution < 1.29 is 4.79 Å². The number of alkyl halides is 1. The molecule has 0 saturated heterocycles. The van der Waals surface area contributed by atoms with Crippen molar-refractivity contribution in [3.05, 3.63) is 17.5 Å². The third kappa shape index (κ3) is 3.73. The topological polar surface area (TPSA) is 46.9 Å². The lowest BCUT2D eigenvalue weighted by molar-refractivity contribution is 0.0894. The van der Waals surface area contributed by atoms with Crippen molar-refractivity contribution >= 4 is 17.5 Å². The predicted molar refractivity (Wildman–Crippen MR) is 74.0 cm³/mol. The van der Waals surface area contributed by atoms with Crippen molar-refractivity contribution in [2.75, 3.05) is 5.88 Å². The Balaban J connectivity index is 2.78. The molecule has 0 fully saturated rings. The Morgan fingerprint density at radius 1 is 1.56 bits per heavy atom. The summed E-state index contributed by atoms with van der Waals surface area (Å²) in [6, 6.07) is 1.83. The molecule has 0 aromatic carbocycles. The van der Waals surface area contributed by atoms with Crippen LogP contribution in [0, 0.1) is 12.3 Å². The van der Waals surface area contributed by atoms with Gasteiger partial charge >= 0.3 is 0 Å². The second-order valence-electron chi connectivity index (χ2n) is 5.66. The normalized spacial score (nSPS) is 13.4. The summed E-state index contributed by atoms with van der Waals surface area (Å²) >= 11 is 5.79. The zero-order valence-electron chi connectivity index (χ0n) is 11.7. The van der Waals surface area contributed by atoms with Gasteiger partial charge < -0.3 is 5.32 Å². The minimum atomic E-state index is -0.135. The van der Waals surface area contributed by atoms with Crippen LogP contribution in [0.3, 0.4) is 0 Å². The molecule has 0 bridgehead atoms. The maximum Gasteiger partial charge on any atom is 0.272 e. The molecule has 1 N–H and O–H groups in total. The molecule has 0 aliphatic heterocycles. The molecule has 1 amide bonds. The van der Waals surface area contributed by atoms with Crippen LogP contribution in [0.2, 0.25) is 0 Å². The highest BCUT2D eigenvalue weighted by Crippen LogP contribution is 2.22. The van der Waals surface area contributed by atoms with E-state index in [2.05, 4.69) is 31.2 Å². The maximum atomic E-state index is 12.1. The van der Waals surface area contributed by atoms with Gasteiger partial charge in [0.05, 0.1) is 0 Å². The van der Waals surface area contributed by atoms with Crippen LogP contribution < -0.4 is 5.32 Å². The number of nitrogens with zero attached hydrogens (tertiary/aromatic N) is 2. The van der Waals surface area contributed by atoms with Crippen LogP contribution in [0.25, 0.3) is 0 Å². The molecule has 0 spiro atoms. The van der Waals surface area contributed by atoms with E-state index in [9.17, 15) is 4.79 Å². The van der Waals surface area contributed by atoms with E-state index < -0.39 is 0 Å². The zero-order valence-corrected chi connectivity index (χ0v) is 12.5. The molecule has 102 valence electrons. The van der Waals surface area contributed by atoms with Gasteiger partial charge in [-0.25, -0.2) is 0 Å². The van der Waals surface area contributed by atoms with E-state index in [0.29, 0.717) is 11.6 Å². The van der Waals surface area contributed by atoms with Crippen molar-refractivity contribution in [1.29, 1.82) is 0 Å². The monoisotopic (exact) mass is 271 g/mol. The first-order chi connectivity index (χ1) is 8.25. The van der Waals surface area contributed by atoms with Crippen LogP contribution in [0.5, 0.6) is 0 Å². The highest BCUT2D eigenvalue weighted by molar-refractivity contribution is 6.17. The number of carbonyl (C=O) groups excluding carboxylic acids is 1. The van der Waals surface area contributed by atoms with Gasteiger partial charge in [0, 0.05) is 24.7 Å². The Bertz CT molecular complexity index is 401. The first-order valence-corrected chi connectivity index (χ1v) is 6.66. The smallest absolute Gasteiger partial charge is 0.272 e. The summed E-state index contributed by atoms with van der Waals surface area (Å²) in [6.07, 6.45) is 0.753. The van der Waals surface area contributed by atoms with Crippen LogP contribution in [-0.4, -0.2) is 27.6 Å². The molecule has 4 nitrogen and oxygen atoms in total. The Labute approximate surface area is 114 Å². The lowest BCUT2D eigenvalue weighted by atomic mass is 9.85. The molecule has 1 aromatic rings. The summed E-state index contributed by atoms with van der Waals surface area (Å²) in [5.74, 6) is 0.396. The van der Waals surface area contributed by atoms with E-state index in [4.69, 9.17) is 11.6 Å². The van der Waals surface area contributed by atoms with Crippen LogP contribution in [0.15, 0.2) is 6.07 Å². The summed E-state index contributed by atoms with van der Waals surface area (Å²) in [5.41, 5.74) is 1.40. The fourth-order valence-corrected chi connectivity index (χ4v) is 1.95. The number of hydrogen-bond donors (Lipinski definition) is 1. The van der Waals surface area contributed by atoms with E-state index in [-0.39, 0.29) is 17.4 Å². The molecule has 0 radical (unpaired) electrons. The third-order valence-corrected chi connectivity index (χ3v) is 3.31. The Hall–Kier alpha value is -1.03. The minimum absolute atomic E-state index is 0.0195. The fraction of sp³-hybridized carbons (Fsp3) is 0.692. The molecule has 1 unspecified atom stereocenters. The van der Waals surface area contributed by atoms with Crippen LogP contribution in [0.4, 0.5) is 0 Å². The molecule has 1 rings (SSSR count). The minimum Gasteiger partial charge on any atom is -0.347 e. The Morgan fingerprint density at radius 2 is 2.17 bits per heavy atom. The van der Waals surface area contributed by atoms with Crippen molar-refractivity contribution in [1.82, 2.24) is 15.1 Å². The van der Waals surface area contributed by atoms with Crippen LogP contribution in [-0.2, 0) is 7.05 Å². The number of aromatic nitrogens is 2. The van der Waals surface area contributed by atoms with E-state index >= 15 is 0 Å². The van der Waals surface area contributed by atoms with Gasteiger partial charge in [0.15, 0.2) is 0 Å². The molecule has 18 heavy (non-hydrogen) atoms. The highest BCUT2D eigenvalue weighted by atomic mass is 35.5. The summed E-state index contributed by atoms with van der Waals surface area (Å²) in [7, 11) is 1.83. The first kappa shape index (κ1) is 15.0. The van der Waals surface area contributed by atoms with E-state index in [0.717, 1.165) is 12.1 Å². The summed E-state index contributed by atoms with van der Waals surface area (Å²) in [6.45, 7) is 8.19. The molecule has 1 aromatic heterocycles. The van der Waals surface area contributed by atoms with Gasteiger partial charge in [0.1, 0.15) is 5.69 Å². The number of rotatable bonds is 4. The van der Waals surface area contributed by atoms with Crippen molar-refractivity contribution in [2.24, 2.45) is 12.5 Å². The summed E-state index contributed by atoms with van der Waals surface area (Å²) < 4.78 is 1.70. The predicted octanol–water partition coefficient (Wildman–Crippen LogP) is 2.50. The fourth-order valence-electron chi connectivity index (χ4n) is 1.73. The Kier molecular flexibility index (Phi) is 4.79. The molecule has 0 aliphatic rings. The SMILES string of the molecule is Cc1cc(C(=O)NC(CCCl)C(C)(C)C)nn1C. The molecular weight excluding hydrogens is 250 g/mol. The van der Waals surface area contributed by atoms with Gasteiger partial charge in [0.2, 0.25) is 0 Å². The Morgan fingerprint density at radius 3 is 2.56 bits per heavy atom. The first-order valence-electron chi connectivity index (χ1n) is 6.13. The zero-order chi connectivity index (χ0) is 13.9. The van der Waals surface area contributed by atoms with Crippen LogP contribution in [0.1, 0.15) is 43.4 Å². The van der Waals surface area contributed by atoms with E-state index in [1.54, 1.807) is 10.7 Å². The number of halogens is 1. The van der Waals surface area contributed by atoms with Crippen molar-refractivity contribution in [3.8, 4) is 0 Å². The molecule has 0 saturated carbocycles. The van der Waals surface area contributed by atoms with Crippen LogP contribution >= 0.6 is 11.6 Å². The van der Waals surface area contributed by atoms with Crippen molar-refractivity contribution in [2.45, 2.75) is 40.2 Å². The average Bonchev–Trinajstić information content (AvgIpc) is 2.57. The lowest BCUT2D eigenvalue weighted by Crippen LogP contribution is -2.44. The molecule has 5 heteroatoms. The van der Waals surface area contributed by atoms with Gasteiger partial charge in [-0.05, 0) is 24.8 Å². The number of carbonyl (C=O) groups is 1. The summed E-state index contributed by atoms with van der Waals surface area (Å²) in [5, 5.41) is 7.19. The number of amides is 1. The van der Waals surface area contributed by atoms with Gasteiger partial charge in [-0.15, -0.1) is 11.6 Å². The lowest BCUT2D eigenvalue weighted by Gasteiger charge is -2.30. The molecular formula is C13H22ClN3O. The number of hydrogen-bond acceptors (Lipinski definition) is 2. The van der Waals surface area contributed by atoms with Gasteiger partial charge in [-0.1, -0.05) is 20.8 Å². The van der Waals surface area contributed by atoms with Gasteiger partial charge in [0.25, 0.3) is 5.91 Å². The van der Waals surface area contributed by atoms with E-state index in [1.165, 1.54) is 0 Å². The standard InChI is InChI=1S/C13H22ClN3O/c1-9-8-10(16-17(9)5)12(18)15-11(6-7-14)13(2,3)4/h8,11H,6-7H2,1-5H3,(H,15,18). The number of aryl methyl sites for hydroxylation is 2. The third-order valence-electron chi connectivity index (χ3n) is 3.09. The molecule has 0 aliphatic carbocycles. The quantitative estimate of drug-likeness (QED) is 0.856. The van der Waals surface area contributed by atoms with Gasteiger partial charge in [-0.3, -0.25) is 9.48 Å². The number of nitrogens with one attached hydrogen (secondary N) is 1. The second-order valence-corrected chi connectivity index (χ2v) is 6.04. The molecule has 1 heterocycles. The largest absolute Gasteiger partial charge is 0.347 e. The highest BCUT2D eigenvalue weighted by Gasteiger charge is 2.26. The maximum absolute atomic E-state index is 12.1. The van der Waals surface area contributed by atoms with Crippen molar-refractivity contribution in [3.63, 3.8) is 0 Å².